The molecule has 0 amide bonds. The zero-order chi connectivity index (χ0) is 11.5. The SMILES string of the molecule is C1=N[N]C=C1c1ccc(-c2ccccc2)cc1. The molecule has 0 unspecified atom stereocenters. The number of benzene rings is 2. The minimum atomic E-state index is 1.06. The Morgan fingerprint density at radius 3 is 1.94 bits per heavy atom. The zero-order valence-electron chi connectivity index (χ0n) is 9.25. The Labute approximate surface area is 100 Å². The molecule has 0 N–H and O–H groups in total. The van der Waals surface area contributed by atoms with Crippen LogP contribution in [0.4, 0.5) is 0 Å². The van der Waals surface area contributed by atoms with Gasteiger partial charge in [0.15, 0.2) is 0 Å². The molecule has 0 fully saturated rings. The first kappa shape index (κ1) is 9.85. The van der Waals surface area contributed by atoms with Gasteiger partial charge in [-0.2, -0.15) is 10.5 Å². The quantitative estimate of drug-likeness (QED) is 0.741. The van der Waals surface area contributed by atoms with Crippen LogP contribution in [-0.2, 0) is 0 Å². The van der Waals surface area contributed by atoms with E-state index in [1.807, 2.05) is 18.2 Å². The van der Waals surface area contributed by atoms with E-state index in [4.69, 9.17) is 0 Å². The smallest absolute Gasteiger partial charge is 0.0590 e. The van der Waals surface area contributed by atoms with Crippen molar-refractivity contribution in [3.8, 4) is 11.1 Å². The lowest BCUT2D eigenvalue weighted by atomic mass is 10.0. The predicted octanol–water partition coefficient (Wildman–Crippen LogP) is 3.30. The van der Waals surface area contributed by atoms with Crippen molar-refractivity contribution in [1.29, 1.82) is 0 Å². The third-order valence-electron chi connectivity index (χ3n) is 2.79. The van der Waals surface area contributed by atoms with Gasteiger partial charge in [0.1, 0.15) is 0 Å². The second kappa shape index (κ2) is 4.26. The molecular formula is C15H11N2. The Morgan fingerprint density at radius 2 is 1.29 bits per heavy atom. The summed E-state index contributed by atoms with van der Waals surface area (Å²) >= 11 is 0. The van der Waals surface area contributed by atoms with Crippen LogP contribution in [0.3, 0.4) is 0 Å². The summed E-state index contributed by atoms with van der Waals surface area (Å²) in [6, 6.07) is 18.8. The molecule has 2 nitrogen and oxygen atoms in total. The molecular weight excluding hydrogens is 208 g/mol. The first-order chi connectivity index (χ1) is 8.43. The lowest BCUT2D eigenvalue weighted by molar-refractivity contribution is 0.977. The predicted molar refractivity (Wildman–Crippen MR) is 70.5 cm³/mol. The van der Waals surface area contributed by atoms with Gasteiger partial charge in [0.2, 0.25) is 0 Å². The molecule has 81 valence electrons. The summed E-state index contributed by atoms with van der Waals surface area (Å²) < 4.78 is 0. The second-order valence-corrected chi connectivity index (χ2v) is 3.89. The highest BCUT2D eigenvalue weighted by Crippen LogP contribution is 2.22. The molecule has 0 aliphatic carbocycles. The molecule has 3 rings (SSSR count). The Balaban J connectivity index is 1.93. The zero-order valence-corrected chi connectivity index (χ0v) is 9.25. The minimum absolute atomic E-state index is 1.06. The van der Waals surface area contributed by atoms with E-state index in [2.05, 4.69) is 46.9 Å². The monoisotopic (exact) mass is 219 g/mol. The fourth-order valence-corrected chi connectivity index (χ4v) is 1.86. The van der Waals surface area contributed by atoms with Gasteiger partial charge in [0, 0.05) is 5.57 Å². The van der Waals surface area contributed by atoms with Gasteiger partial charge in [-0.15, -0.1) is 0 Å². The van der Waals surface area contributed by atoms with Crippen LogP contribution in [-0.4, -0.2) is 6.21 Å². The van der Waals surface area contributed by atoms with Crippen LogP contribution >= 0.6 is 0 Å². The summed E-state index contributed by atoms with van der Waals surface area (Å²) in [4.78, 5) is 0. The highest BCUT2D eigenvalue weighted by Gasteiger charge is 2.04. The van der Waals surface area contributed by atoms with E-state index in [0.29, 0.717) is 0 Å². The van der Waals surface area contributed by atoms with Crippen LogP contribution < -0.4 is 5.43 Å². The van der Waals surface area contributed by atoms with Gasteiger partial charge in [0.05, 0.1) is 12.4 Å². The average Bonchev–Trinajstić information content (AvgIpc) is 2.94. The van der Waals surface area contributed by atoms with Crippen molar-refractivity contribution in [2.24, 2.45) is 5.10 Å². The number of rotatable bonds is 2. The molecule has 1 radical (unpaired) electrons. The summed E-state index contributed by atoms with van der Waals surface area (Å²) in [5.74, 6) is 0. The van der Waals surface area contributed by atoms with E-state index in [1.165, 1.54) is 11.1 Å². The van der Waals surface area contributed by atoms with Gasteiger partial charge in [0.25, 0.3) is 0 Å². The van der Waals surface area contributed by atoms with E-state index in [1.54, 1.807) is 12.4 Å². The van der Waals surface area contributed by atoms with Gasteiger partial charge in [-0.25, -0.2) is 0 Å². The van der Waals surface area contributed by atoms with E-state index in [0.717, 1.165) is 11.1 Å². The molecule has 0 bridgehead atoms. The van der Waals surface area contributed by atoms with Crippen molar-refractivity contribution in [1.82, 2.24) is 5.43 Å². The van der Waals surface area contributed by atoms with Crippen LogP contribution in [0.5, 0.6) is 0 Å². The Kier molecular flexibility index (Phi) is 2.47. The summed E-state index contributed by atoms with van der Waals surface area (Å²) in [6.07, 6.45) is 3.55. The van der Waals surface area contributed by atoms with Crippen molar-refractivity contribution in [3.63, 3.8) is 0 Å². The van der Waals surface area contributed by atoms with Crippen molar-refractivity contribution in [3.05, 3.63) is 66.4 Å². The van der Waals surface area contributed by atoms with Crippen LogP contribution in [0.1, 0.15) is 5.56 Å². The number of hydrogen-bond donors (Lipinski definition) is 0. The fourth-order valence-electron chi connectivity index (χ4n) is 1.86. The molecule has 1 aliphatic heterocycles. The van der Waals surface area contributed by atoms with Crippen LogP contribution in [0.2, 0.25) is 0 Å². The van der Waals surface area contributed by atoms with Crippen molar-refractivity contribution >= 4 is 11.8 Å². The highest BCUT2D eigenvalue weighted by atomic mass is 15.3. The van der Waals surface area contributed by atoms with Gasteiger partial charge in [-0.3, -0.25) is 0 Å². The molecule has 0 spiro atoms. The summed E-state index contributed by atoms with van der Waals surface area (Å²) in [7, 11) is 0. The van der Waals surface area contributed by atoms with Crippen LogP contribution in [0.15, 0.2) is 65.9 Å². The first-order valence-electron chi connectivity index (χ1n) is 5.53. The normalized spacial score (nSPS) is 13.3. The van der Waals surface area contributed by atoms with E-state index < -0.39 is 0 Å². The molecule has 2 aromatic carbocycles. The third kappa shape index (κ3) is 1.97. The maximum atomic E-state index is 3.83. The van der Waals surface area contributed by atoms with Gasteiger partial charge in [-0.1, -0.05) is 54.6 Å². The standard InChI is InChI=1S/C15H11N2/c1-2-4-12(5-3-1)13-6-8-14(9-7-13)15-10-16-17-11-15/h1-11H. The molecule has 0 saturated heterocycles. The van der Waals surface area contributed by atoms with Crippen molar-refractivity contribution < 1.29 is 0 Å². The number of hydrogen-bond acceptors (Lipinski definition) is 1. The van der Waals surface area contributed by atoms with E-state index >= 15 is 0 Å². The third-order valence-corrected chi connectivity index (χ3v) is 2.79. The van der Waals surface area contributed by atoms with E-state index in [-0.39, 0.29) is 0 Å². The van der Waals surface area contributed by atoms with Crippen LogP contribution in [0, 0.1) is 0 Å². The van der Waals surface area contributed by atoms with Crippen molar-refractivity contribution in [2.45, 2.75) is 0 Å². The lowest BCUT2D eigenvalue weighted by Gasteiger charge is -2.03. The summed E-state index contributed by atoms with van der Waals surface area (Å²) in [6.45, 7) is 0. The Morgan fingerprint density at radius 1 is 0.647 bits per heavy atom. The highest BCUT2D eigenvalue weighted by molar-refractivity contribution is 6.10. The van der Waals surface area contributed by atoms with E-state index in [9.17, 15) is 0 Å². The van der Waals surface area contributed by atoms with Crippen molar-refractivity contribution in [2.75, 3.05) is 0 Å². The molecule has 1 aliphatic rings. The number of allylic oxidation sites excluding steroid dienone is 1. The summed E-state index contributed by atoms with van der Waals surface area (Å²) in [5.41, 5.74) is 8.49. The number of nitrogens with zero attached hydrogens (tertiary/aromatic N) is 2. The molecule has 0 atom stereocenters. The van der Waals surface area contributed by atoms with Gasteiger partial charge >= 0.3 is 0 Å². The largest absolute Gasteiger partial charge is 0.158 e. The van der Waals surface area contributed by atoms with Gasteiger partial charge in [-0.05, 0) is 16.7 Å². The first-order valence-corrected chi connectivity index (χ1v) is 5.53. The molecule has 17 heavy (non-hydrogen) atoms. The molecule has 0 saturated carbocycles. The van der Waals surface area contributed by atoms with Gasteiger partial charge < -0.3 is 0 Å². The second-order valence-electron chi connectivity index (χ2n) is 3.89. The molecule has 2 heteroatoms. The molecule has 1 heterocycles. The molecule has 2 aromatic rings. The summed E-state index contributed by atoms with van der Waals surface area (Å²) in [5, 5.41) is 3.83. The molecule has 0 aromatic heterocycles. The minimum Gasteiger partial charge on any atom is -0.158 e. The maximum Gasteiger partial charge on any atom is 0.0590 e. The topological polar surface area (TPSA) is 26.5 Å². The Hall–Kier alpha value is -2.35. The fraction of sp³-hybridized carbons (Fsp3) is 0. The average molecular weight is 219 g/mol. The maximum absolute atomic E-state index is 3.83. The Bertz CT molecular complexity index is 566. The van der Waals surface area contributed by atoms with Crippen LogP contribution in [0.25, 0.3) is 16.7 Å². The lowest BCUT2D eigenvalue weighted by Crippen LogP contribution is -1.84.